The molecule has 3 rings (SSSR count). The highest BCUT2D eigenvalue weighted by molar-refractivity contribution is 6.93. The third kappa shape index (κ3) is 5.29. The molecular weight excluding hydrogens is 344 g/mol. The minimum absolute atomic E-state index is 0.299. The fourth-order valence-electron chi connectivity index (χ4n) is 4.02. The van der Waals surface area contributed by atoms with Gasteiger partial charge in [0.05, 0.1) is 9.52 Å². The minimum atomic E-state index is -1.22. The van der Waals surface area contributed by atoms with Crippen LogP contribution in [0.15, 0.2) is 91.0 Å². The summed E-state index contributed by atoms with van der Waals surface area (Å²) in [4.78, 5) is 0. The van der Waals surface area contributed by atoms with E-state index in [4.69, 9.17) is 0 Å². The lowest BCUT2D eigenvalue weighted by atomic mass is 10.2. The molecule has 0 nitrogen and oxygen atoms in total. The summed E-state index contributed by atoms with van der Waals surface area (Å²) in [6.45, 7) is 2.31. The number of unbranched alkanes of at least 4 members (excludes halogenated alkanes) is 2. The molecule has 0 bridgehead atoms. The first kappa shape index (κ1) is 18.9. The van der Waals surface area contributed by atoms with Crippen LogP contribution in [0.4, 0.5) is 0 Å². The van der Waals surface area contributed by atoms with Gasteiger partial charge in [-0.1, -0.05) is 139 Å². The maximum atomic E-state index is 2.39. The Balaban J connectivity index is 1.94. The third-order valence-electron chi connectivity index (χ3n) is 5.31. The molecule has 26 heavy (non-hydrogen) atoms. The molecule has 3 aromatic rings. The van der Waals surface area contributed by atoms with Gasteiger partial charge in [0, 0.05) is 0 Å². The van der Waals surface area contributed by atoms with Gasteiger partial charge >= 0.3 is 0 Å². The third-order valence-corrected chi connectivity index (χ3v) is 12.8. The molecule has 3 aromatic carbocycles. The average Bonchev–Trinajstić information content (AvgIpc) is 2.71. The van der Waals surface area contributed by atoms with Crippen molar-refractivity contribution in [3.63, 3.8) is 0 Å². The van der Waals surface area contributed by atoms with Gasteiger partial charge in [-0.05, 0) is 5.16 Å². The molecule has 2 heteroatoms. The van der Waals surface area contributed by atoms with Crippen LogP contribution >= 0.6 is 0 Å². The largest absolute Gasteiger partial charge is 0.103 e. The van der Waals surface area contributed by atoms with Crippen molar-refractivity contribution in [1.29, 1.82) is 0 Å². The lowest BCUT2D eigenvalue weighted by molar-refractivity contribution is 0.685. The summed E-state index contributed by atoms with van der Waals surface area (Å²) in [5.41, 5.74) is 0. The summed E-state index contributed by atoms with van der Waals surface area (Å²) < 4.78 is 0. The van der Waals surface area contributed by atoms with Crippen LogP contribution in [0.2, 0.25) is 5.16 Å². The van der Waals surface area contributed by atoms with Crippen LogP contribution in [0.3, 0.4) is 0 Å². The standard InChI is InChI=1S/C24H30Si2/c1-2-3-7-20-24(25-21-14-8-4-9-15-21)26(22-16-10-5-11-17-22)23-18-12-6-13-19-23/h4-6,8-19,24,26H,2-3,7,20,25H2,1H3. The highest BCUT2D eigenvalue weighted by atomic mass is 28.3. The van der Waals surface area contributed by atoms with Crippen LogP contribution in [-0.4, -0.2) is 18.3 Å². The van der Waals surface area contributed by atoms with Crippen molar-refractivity contribution < 1.29 is 0 Å². The second-order valence-electron chi connectivity index (χ2n) is 7.24. The minimum Gasteiger partial charge on any atom is -0.0669 e. The molecule has 1 unspecified atom stereocenters. The topological polar surface area (TPSA) is 0 Å². The quantitative estimate of drug-likeness (QED) is 0.398. The second-order valence-corrected chi connectivity index (χ2v) is 13.7. The Hall–Kier alpha value is -1.91. The molecular formula is C24H30Si2. The van der Waals surface area contributed by atoms with Crippen molar-refractivity contribution in [1.82, 2.24) is 0 Å². The van der Waals surface area contributed by atoms with E-state index in [1.165, 1.54) is 25.7 Å². The lowest BCUT2D eigenvalue weighted by Crippen LogP contribution is -2.49. The summed E-state index contributed by atoms with van der Waals surface area (Å²) >= 11 is 0. The first-order valence-corrected chi connectivity index (χ1v) is 13.4. The van der Waals surface area contributed by atoms with Crippen molar-refractivity contribution in [2.75, 3.05) is 0 Å². The summed E-state index contributed by atoms with van der Waals surface area (Å²) in [6, 6.07) is 34.1. The fraction of sp³-hybridized carbons (Fsp3) is 0.250. The molecule has 0 aliphatic heterocycles. The molecule has 0 N–H and O–H groups in total. The van der Waals surface area contributed by atoms with Crippen LogP contribution in [0.1, 0.15) is 32.6 Å². The molecule has 0 fully saturated rings. The van der Waals surface area contributed by atoms with Crippen LogP contribution in [0, 0.1) is 0 Å². The highest BCUT2D eigenvalue weighted by Crippen LogP contribution is 2.19. The first-order valence-electron chi connectivity index (χ1n) is 10.0. The zero-order valence-electron chi connectivity index (χ0n) is 15.9. The number of rotatable bonds is 9. The van der Waals surface area contributed by atoms with Gasteiger partial charge in [0.15, 0.2) is 0 Å². The molecule has 0 aromatic heterocycles. The molecule has 0 spiro atoms. The smallest absolute Gasteiger partial charge is 0.0669 e. The normalized spacial score (nSPS) is 12.7. The van der Waals surface area contributed by atoms with Crippen molar-refractivity contribution in [2.24, 2.45) is 0 Å². The Bertz CT molecular complexity index is 701. The monoisotopic (exact) mass is 374 g/mol. The Morgan fingerprint density at radius 3 is 1.69 bits per heavy atom. The van der Waals surface area contributed by atoms with E-state index >= 15 is 0 Å². The van der Waals surface area contributed by atoms with Gasteiger partial charge in [-0.15, -0.1) is 0 Å². The zero-order chi connectivity index (χ0) is 18.0. The summed E-state index contributed by atoms with van der Waals surface area (Å²) in [5.74, 6) is 0. The van der Waals surface area contributed by atoms with Crippen molar-refractivity contribution in [3.05, 3.63) is 91.0 Å². The SMILES string of the molecule is CCCCCC([SiH2]c1ccccc1)[SiH](c1ccccc1)c1ccccc1. The maximum Gasteiger partial charge on any atom is 0.103 e. The molecule has 0 heterocycles. The van der Waals surface area contributed by atoms with Crippen molar-refractivity contribution in [3.8, 4) is 0 Å². The number of benzene rings is 3. The summed E-state index contributed by atoms with van der Waals surface area (Å²) in [6.07, 6.45) is 5.45. The highest BCUT2D eigenvalue weighted by Gasteiger charge is 2.26. The Labute approximate surface area is 162 Å². The van der Waals surface area contributed by atoms with E-state index in [1.54, 1.807) is 15.6 Å². The molecule has 0 saturated heterocycles. The van der Waals surface area contributed by atoms with Crippen molar-refractivity contribution >= 4 is 33.9 Å². The molecule has 0 radical (unpaired) electrons. The van der Waals surface area contributed by atoms with Gasteiger partial charge in [-0.3, -0.25) is 0 Å². The molecule has 1 atom stereocenters. The van der Waals surface area contributed by atoms with E-state index in [0.29, 0.717) is 0 Å². The predicted octanol–water partition coefficient (Wildman–Crippen LogP) is 3.43. The Morgan fingerprint density at radius 2 is 1.19 bits per heavy atom. The first-order chi connectivity index (χ1) is 12.9. The predicted molar refractivity (Wildman–Crippen MR) is 122 cm³/mol. The lowest BCUT2D eigenvalue weighted by Gasteiger charge is -2.27. The van der Waals surface area contributed by atoms with Gasteiger partial charge in [0.25, 0.3) is 0 Å². The Morgan fingerprint density at radius 1 is 0.692 bits per heavy atom. The average molecular weight is 375 g/mol. The van der Waals surface area contributed by atoms with E-state index < -0.39 is 8.80 Å². The van der Waals surface area contributed by atoms with E-state index in [-0.39, 0.29) is 9.52 Å². The zero-order valence-corrected chi connectivity index (χ0v) is 18.4. The van der Waals surface area contributed by atoms with Gasteiger partial charge in [0.1, 0.15) is 8.80 Å². The van der Waals surface area contributed by atoms with Gasteiger partial charge in [-0.25, -0.2) is 0 Å². The van der Waals surface area contributed by atoms with Crippen LogP contribution in [-0.2, 0) is 0 Å². The molecule has 0 amide bonds. The van der Waals surface area contributed by atoms with E-state index in [0.717, 1.165) is 5.16 Å². The molecule has 0 saturated carbocycles. The Kier molecular flexibility index (Phi) is 7.47. The maximum absolute atomic E-state index is 2.39. The van der Waals surface area contributed by atoms with E-state index in [9.17, 15) is 0 Å². The molecule has 0 aliphatic carbocycles. The fourth-order valence-corrected chi connectivity index (χ4v) is 12.4. The number of hydrogen-bond acceptors (Lipinski definition) is 0. The number of hydrogen-bond donors (Lipinski definition) is 0. The van der Waals surface area contributed by atoms with Crippen LogP contribution < -0.4 is 15.6 Å². The van der Waals surface area contributed by atoms with Crippen LogP contribution in [0.25, 0.3) is 0 Å². The van der Waals surface area contributed by atoms with Crippen molar-refractivity contribution in [2.45, 2.75) is 37.8 Å². The molecule has 134 valence electrons. The van der Waals surface area contributed by atoms with Gasteiger partial charge in [0.2, 0.25) is 0 Å². The van der Waals surface area contributed by atoms with Crippen LogP contribution in [0.5, 0.6) is 0 Å². The van der Waals surface area contributed by atoms with E-state index in [2.05, 4.69) is 97.9 Å². The summed E-state index contributed by atoms with van der Waals surface area (Å²) in [7, 11) is -1.51. The van der Waals surface area contributed by atoms with Gasteiger partial charge in [-0.2, -0.15) is 0 Å². The molecule has 0 aliphatic rings. The van der Waals surface area contributed by atoms with E-state index in [1.807, 2.05) is 0 Å². The summed E-state index contributed by atoms with van der Waals surface area (Å²) in [5, 5.41) is 5.75. The second kappa shape index (κ2) is 10.3. The van der Waals surface area contributed by atoms with Gasteiger partial charge < -0.3 is 0 Å².